The molecule has 0 saturated carbocycles. The lowest BCUT2D eigenvalue weighted by Gasteiger charge is -2.15. The van der Waals surface area contributed by atoms with Crippen LogP contribution in [0.25, 0.3) is 0 Å². The fraction of sp³-hybridized carbons (Fsp3) is 0.615. The molecule has 1 rings (SSSR count). The lowest BCUT2D eigenvalue weighted by Crippen LogP contribution is -2.28. The third-order valence-electron chi connectivity index (χ3n) is 2.65. The first-order chi connectivity index (χ1) is 8.27. The van der Waals surface area contributed by atoms with Gasteiger partial charge in [-0.25, -0.2) is 4.98 Å². The molecule has 0 aromatic carbocycles. The van der Waals surface area contributed by atoms with Gasteiger partial charge in [0.15, 0.2) is 0 Å². The average molecular weight is 273 g/mol. The zero-order valence-corrected chi connectivity index (χ0v) is 12.2. The maximum atomic E-state index is 6.05. The summed E-state index contributed by atoms with van der Waals surface area (Å²) in [4.78, 5) is 4.27. The summed E-state index contributed by atoms with van der Waals surface area (Å²) in [5.41, 5.74) is 0. The minimum atomic E-state index is 0.653. The lowest BCUT2D eigenvalue weighted by atomic mass is 10.1. The predicted octanol–water partition coefficient (Wildman–Crippen LogP) is 4.00. The van der Waals surface area contributed by atoms with Crippen molar-refractivity contribution in [3.05, 3.63) is 23.4 Å². The Kier molecular flexibility index (Phi) is 7.65. The van der Waals surface area contributed by atoms with Crippen molar-refractivity contribution in [3.8, 4) is 0 Å². The molecule has 0 aliphatic rings. The van der Waals surface area contributed by atoms with Crippen LogP contribution in [-0.2, 0) is 0 Å². The van der Waals surface area contributed by atoms with Gasteiger partial charge in [-0.15, -0.1) is 11.8 Å². The molecule has 1 heterocycles. The Morgan fingerprint density at radius 2 is 2.29 bits per heavy atom. The summed E-state index contributed by atoms with van der Waals surface area (Å²) < 4.78 is 0. The number of hydrogen-bond acceptors (Lipinski definition) is 3. The van der Waals surface area contributed by atoms with Gasteiger partial charge in [-0.05, 0) is 43.7 Å². The first-order valence-electron chi connectivity index (χ1n) is 6.24. The van der Waals surface area contributed by atoms with E-state index in [-0.39, 0.29) is 0 Å². The van der Waals surface area contributed by atoms with E-state index in [9.17, 15) is 0 Å². The fourth-order valence-corrected chi connectivity index (χ4v) is 2.85. The van der Waals surface area contributed by atoms with Crippen LogP contribution < -0.4 is 5.32 Å². The van der Waals surface area contributed by atoms with E-state index in [2.05, 4.69) is 24.1 Å². The molecule has 0 saturated heterocycles. The normalized spacial score (nSPS) is 12.6. The van der Waals surface area contributed by atoms with Gasteiger partial charge in [0.05, 0.1) is 5.02 Å². The van der Waals surface area contributed by atoms with Crippen molar-refractivity contribution in [2.24, 2.45) is 0 Å². The number of hydrogen-bond donors (Lipinski definition) is 1. The van der Waals surface area contributed by atoms with Gasteiger partial charge < -0.3 is 5.32 Å². The van der Waals surface area contributed by atoms with Crippen LogP contribution >= 0.6 is 23.4 Å². The number of thioether (sulfide) groups is 1. The summed E-state index contributed by atoms with van der Waals surface area (Å²) in [6.45, 7) is 5.44. The quantitative estimate of drug-likeness (QED) is 0.572. The second-order valence-electron chi connectivity index (χ2n) is 3.94. The molecule has 0 amide bonds. The number of halogens is 1. The van der Waals surface area contributed by atoms with Crippen LogP contribution in [0.15, 0.2) is 23.4 Å². The zero-order chi connectivity index (χ0) is 12.5. The Labute approximate surface area is 114 Å². The zero-order valence-electron chi connectivity index (χ0n) is 10.6. The highest BCUT2D eigenvalue weighted by Crippen LogP contribution is 2.25. The van der Waals surface area contributed by atoms with Crippen molar-refractivity contribution < 1.29 is 0 Å². The summed E-state index contributed by atoms with van der Waals surface area (Å²) in [6.07, 6.45) is 5.41. The van der Waals surface area contributed by atoms with Gasteiger partial charge in [0.2, 0.25) is 0 Å². The van der Waals surface area contributed by atoms with E-state index in [0.717, 1.165) is 22.3 Å². The maximum absolute atomic E-state index is 6.05. The summed E-state index contributed by atoms with van der Waals surface area (Å²) in [6, 6.07) is 4.41. The first kappa shape index (κ1) is 14.8. The molecule has 1 aromatic heterocycles. The lowest BCUT2D eigenvalue weighted by molar-refractivity contribution is 0.477. The summed E-state index contributed by atoms with van der Waals surface area (Å²) in [5.74, 6) is 1.08. The number of aromatic nitrogens is 1. The van der Waals surface area contributed by atoms with Gasteiger partial charge in [-0.2, -0.15) is 0 Å². The van der Waals surface area contributed by atoms with Crippen molar-refractivity contribution in [1.29, 1.82) is 0 Å². The highest BCUT2D eigenvalue weighted by Gasteiger charge is 2.05. The summed E-state index contributed by atoms with van der Waals surface area (Å²) in [7, 11) is 0. The van der Waals surface area contributed by atoms with E-state index in [1.54, 1.807) is 18.0 Å². The van der Waals surface area contributed by atoms with Crippen molar-refractivity contribution in [2.45, 2.75) is 44.2 Å². The minimum absolute atomic E-state index is 0.653. The van der Waals surface area contributed by atoms with Gasteiger partial charge in [0, 0.05) is 12.2 Å². The molecule has 1 aromatic rings. The van der Waals surface area contributed by atoms with Crippen molar-refractivity contribution in [3.63, 3.8) is 0 Å². The van der Waals surface area contributed by atoms with Crippen LogP contribution in [-0.4, -0.2) is 23.3 Å². The van der Waals surface area contributed by atoms with Crippen molar-refractivity contribution in [1.82, 2.24) is 10.3 Å². The Balaban J connectivity index is 2.22. The molecular weight excluding hydrogens is 252 g/mol. The molecule has 1 N–H and O–H groups in total. The molecule has 0 spiro atoms. The fourth-order valence-electron chi connectivity index (χ4n) is 1.72. The number of nitrogens with one attached hydrogen (secondary N) is 1. The van der Waals surface area contributed by atoms with Gasteiger partial charge in [0.1, 0.15) is 5.03 Å². The Bertz CT molecular complexity index is 320. The molecular formula is C13H21ClN2S. The van der Waals surface area contributed by atoms with E-state index >= 15 is 0 Å². The van der Waals surface area contributed by atoms with Crippen LogP contribution in [0.1, 0.15) is 33.1 Å². The van der Waals surface area contributed by atoms with Gasteiger partial charge in [0.25, 0.3) is 0 Å². The van der Waals surface area contributed by atoms with Gasteiger partial charge in [-0.3, -0.25) is 0 Å². The molecule has 0 bridgehead atoms. The SMILES string of the molecule is CCNC(CC)CCCSc1ncccc1Cl. The van der Waals surface area contributed by atoms with E-state index < -0.39 is 0 Å². The molecule has 96 valence electrons. The molecule has 0 radical (unpaired) electrons. The molecule has 4 heteroatoms. The van der Waals surface area contributed by atoms with Crippen LogP contribution in [0.5, 0.6) is 0 Å². The second-order valence-corrected chi connectivity index (χ2v) is 5.43. The second kappa shape index (κ2) is 8.78. The van der Waals surface area contributed by atoms with Crippen LogP contribution in [0, 0.1) is 0 Å². The van der Waals surface area contributed by atoms with E-state index in [1.807, 2.05) is 12.1 Å². The van der Waals surface area contributed by atoms with Crippen LogP contribution in [0.2, 0.25) is 5.02 Å². The van der Waals surface area contributed by atoms with Gasteiger partial charge in [-0.1, -0.05) is 25.4 Å². The number of rotatable bonds is 8. The van der Waals surface area contributed by atoms with E-state index in [1.165, 1.54) is 19.3 Å². The predicted molar refractivity (Wildman–Crippen MR) is 77.0 cm³/mol. The summed E-state index contributed by atoms with van der Waals surface area (Å²) >= 11 is 7.79. The monoisotopic (exact) mass is 272 g/mol. The third kappa shape index (κ3) is 5.75. The standard InChI is InChI=1S/C13H21ClN2S/c1-3-11(15-4-2)7-6-10-17-13-12(14)8-5-9-16-13/h5,8-9,11,15H,3-4,6-7,10H2,1-2H3. The molecule has 0 aliphatic heterocycles. The molecule has 0 aliphatic carbocycles. The number of pyridine rings is 1. The molecule has 1 atom stereocenters. The van der Waals surface area contributed by atoms with Crippen molar-refractivity contribution >= 4 is 23.4 Å². The maximum Gasteiger partial charge on any atom is 0.115 e. The largest absolute Gasteiger partial charge is 0.314 e. The minimum Gasteiger partial charge on any atom is -0.314 e. The van der Waals surface area contributed by atoms with Crippen LogP contribution in [0.3, 0.4) is 0 Å². The molecule has 1 unspecified atom stereocenters. The highest BCUT2D eigenvalue weighted by atomic mass is 35.5. The third-order valence-corrected chi connectivity index (χ3v) is 4.15. The topological polar surface area (TPSA) is 24.9 Å². The molecule has 2 nitrogen and oxygen atoms in total. The molecule has 0 fully saturated rings. The smallest absolute Gasteiger partial charge is 0.115 e. The molecule has 17 heavy (non-hydrogen) atoms. The van der Waals surface area contributed by atoms with Crippen molar-refractivity contribution in [2.75, 3.05) is 12.3 Å². The highest BCUT2D eigenvalue weighted by molar-refractivity contribution is 7.99. The van der Waals surface area contributed by atoms with Gasteiger partial charge >= 0.3 is 0 Å². The van der Waals surface area contributed by atoms with Crippen LogP contribution in [0.4, 0.5) is 0 Å². The summed E-state index contributed by atoms with van der Waals surface area (Å²) in [5, 5.41) is 5.20. The average Bonchev–Trinajstić information content (AvgIpc) is 2.35. The Hall–Kier alpha value is -0.250. The van der Waals surface area contributed by atoms with E-state index in [4.69, 9.17) is 11.6 Å². The Morgan fingerprint density at radius 1 is 1.47 bits per heavy atom. The Morgan fingerprint density at radius 3 is 2.94 bits per heavy atom. The number of nitrogens with zero attached hydrogens (tertiary/aromatic N) is 1. The first-order valence-corrected chi connectivity index (χ1v) is 7.61. The van der Waals surface area contributed by atoms with E-state index in [0.29, 0.717) is 6.04 Å².